The van der Waals surface area contributed by atoms with Gasteiger partial charge in [-0.15, -0.1) is 0 Å². The number of rotatable bonds is 5. The first-order valence-corrected chi connectivity index (χ1v) is 9.27. The molecule has 0 N–H and O–H groups in total. The lowest BCUT2D eigenvalue weighted by Gasteiger charge is -2.35. The second-order valence-electron chi connectivity index (χ2n) is 6.55. The molecule has 2 aromatic carbocycles. The van der Waals surface area contributed by atoms with Crippen molar-refractivity contribution in [3.63, 3.8) is 0 Å². The second kappa shape index (κ2) is 6.95. The molecule has 2 aromatic rings. The van der Waals surface area contributed by atoms with Gasteiger partial charge in [0.1, 0.15) is 5.75 Å². The minimum absolute atomic E-state index is 0.471. The number of hydrogen-bond acceptors (Lipinski definition) is 4. The fraction of sp³-hybridized carbons (Fsp3) is 0.368. The maximum absolute atomic E-state index is 13.0. The summed E-state index contributed by atoms with van der Waals surface area (Å²) in [6.07, 6.45) is 0. The summed E-state index contributed by atoms with van der Waals surface area (Å²) in [5, 5.41) is 0. The highest BCUT2D eigenvalue weighted by atomic mass is 32.2. The Balaban J connectivity index is 2.06. The van der Waals surface area contributed by atoms with Gasteiger partial charge in [0, 0.05) is 19.2 Å². The maximum atomic E-state index is 13.0. The molecule has 3 rings (SSSR count). The van der Waals surface area contributed by atoms with Crippen LogP contribution in [0.15, 0.2) is 52.3 Å². The fourth-order valence-electron chi connectivity index (χ4n) is 3.27. The van der Waals surface area contributed by atoms with E-state index in [2.05, 4.69) is 36.9 Å². The molecule has 128 valence electrons. The van der Waals surface area contributed by atoms with Crippen LogP contribution in [0.4, 0.5) is 11.4 Å². The number of para-hydroxylation sites is 1. The zero-order valence-corrected chi connectivity index (χ0v) is 15.5. The highest BCUT2D eigenvalue weighted by molar-refractivity contribution is 7.85. The predicted molar refractivity (Wildman–Crippen MR) is 98.8 cm³/mol. The topological polar surface area (TPSA) is 32.8 Å². The van der Waals surface area contributed by atoms with Gasteiger partial charge in [-0.25, -0.2) is 4.21 Å². The highest BCUT2D eigenvalue weighted by Gasteiger charge is 2.29. The largest absolute Gasteiger partial charge is 0.497 e. The van der Waals surface area contributed by atoms with Crippen LogP contribution in [0.2, 0.25) is 0 Å². The van der Waals surface area contributed by atoms with E-state index >= 15 is 0 Å². The second-order valence-corrected chi connectivity index (χ2v) is 7.97. The molecular weight excluding hydrogens is 320 g/mol. The van der Waals surface area contributed by atoms with E-state index in [1.807, 2.05) is 36.4 Å². The molecule has 2 unspecified atom stereocenters. The first-order valence-electron chi connectivity index (χ1n) is 8.12. The van der Waals surface area contributed by atoms with E-state index in [-0.39, 0.29) is 0 Å². The Kier molecular flexibility index (Phi) is 4.92. The molecule has 0 spiro atoms. The lowest BCUT2D eigenvalue weighted by molar-refractivity contribution is 0.342. The van der Waals surface area contributed by atoms with Gasteiger partial charge in [0.2, 0.25) is 0 Å². The van der Waals surface area contributed by atoms with Gasteiger partial charge in [0.05, 0.1) is 39.1 Å². The predicted octanol–water partition coefficient (Wildman–Crippen LogP) is 3.51. The number of nitrogens with zero attached hydrogens (tertiary/aromatic N) is 2. The van der Waals surface area contributed by atoms with E-state index in [0.717, 1.165) is 40.0 Å². The molecule has 0 saturated carbocycles. The van der Waals surface area contributed by atoms with Gasteiger partial charge in [0.15, 0.2) is 0 Å². The van der Waals surface area contributed by atoms with Crippen molar-refractivity contribution in [2.45, 2.75) is 16.7 Å². The van der Waals surface area contributed by atoms with Crippen molar-refractivity contribution < 1.29 is 8.95 Å². The highest BCUT2D eigenvalue weighted by Crippen LogP contribution is 2.43. The Morgan fingerprint density at radius 3 is 2.54 bits per heavy atom. The Hall–Kier alpha value is -1.85. The molecule has 0 bridgehead atoms. The Morgan fingerprint density at radius 1 is 1.12 bits per heavy atom. The normalized spacial score (nSPS) is 17.4. The molecule has 1 aliphatic rings. The van der Waals surface area contributed by atoms with Crippen LogP contribution in [0.25, 0.3) is 0 Å². The molecule has 1 heterocycles. The summed E-state index contributed by atoms with van der Waals surface area (Å²) < 4.78 is 18.3. The van der Waals surface area contributed by atoms with E-state index in [4.69, 9.17) is 4.74 Å². The van der Waals surface area contributed by atoms with Crippen LogP contribution in [0.1, 0.15) is 6.92 Å². The summed E-state index contributed by atoms with van der Waals surface area (Å²) in [6.45, 7) is 4.11. The number of methoxy groups -OCH3 is 1. The molecular formula is C19H24N2O2S. The summed E-state index contributed by atoms with van der Waals surface area (Å²) in [5.74, 6) is 1.26. The van der Waals surface area contributed by atoms with Crippen molar-refractivity contribution in [2.75, 3.05) is 39.2 Å². The lowest BCUT2D eigenvalue weighted by Crippen LogP contribution is -2.32. The van der Waals surface area contributed by atoms with Crippen molar-refractivity contribution in [3.05, 3.63) is 42.5 Å². The number of anilines is 2. The van der Waals surface area contributed by atoms with E-state index in [0.29, 0.717) is 5.92 Å². The summed E-state index contributed by atoms with van der Waals surface area (Å²) in [6, 6.07) is 13.8. The van der Waals surface area contributed by atoms with E-state index in [1.165, 1.54) is 0 Å². The lowest BCUT2D eigenvalue weighted by atomic mass is 10.1. The fourth-order valence-corrected chi connectivity index (χ4v) is 4.62. The number of benzene rings is 2. The van der Waals surface area contributed by atoms with Gasteiger partial charge in [-0.2, -0.15) is 0 Å². The third kappa shape index (κ3) is 3.19. The van der Waals surface area contributed by atoms with Gasteiger partial charge >= 0.3 is 0 Å². The van der Waals surface area contributed by atoms with Crippen LogP contribution in [0.3, 0.4) is 0 Å². The number of hydrogen-bond donors (Lipinski definition) is 0. The average Bonchev–Trinajstić information content (AvgIpc) is 2.57. The third-order valence-electron chi connectivity index (χ3n) is 4.18. The molecule has 0 aromatic heterocycles. The van der Waals surface area contributed by atoms with E-state index in [1.54, 1.807) is 7.11 Å². The first kappa shape index (κ1) is 17.0. The molecule has 5 heteroatoms. The zero-order chi connectivity index (χ0) is 17.3. The summed E-state index contributed by atoms with van der Waals surface area (Å²) in [7, 11) is 4.69. The van der Waals surface area contributed by atoms with Crippen LogP contribution in [0.5, 0.6) is 5.75 Å². The quantitative estimate of drug-likeness (QED) is 0.831. The molecule has 2 atom stereocenters. The van der Waals surface area contributed by atoms with E-state index in [9.17, 15) is 4.21 Å². The van der Waals surface area contributed by atoms with Gasteiger partial charge in [-0.1, -0.05) is 19.1 Å². The van der Waals surface area contributed by atoms with Gasteiger partial charge in [-0.3, -0.25) is 0 Å². The van der Waals surface area contributed by atoms with Gasteiger partial charge in [0.25, 0.3) is 0 Å². The minimum atomic E-state index is -1.15. The van der Waals surface area contributed by atoms with Gasteiger partial charge < -0.3 is 14.5 Å². The van der Waals surface area contributed by atoms with Crippen LogP contribution in [-0.4, -0.2) is 43.4 Å². The summed E-state index contributed by atoms with van der Waals surface area (Å²) in [4.78, 5) is 6.22. The van der Waals surface area contributed by atoms with Crippen molar-refractivity contribution in [2.24, 2.45) is 5.92 Å². The summed E-state index contributed by atoms with van der Waals surface area (Å²) >= 11 is 0. The Bertz CT molecular complexity index is 761. The zero-order valence-electron chi connectivity index (χ0n) is 14.7. The molecule has 0 aliphatic carbocycles. The third-order valence-corrected chi connectivity index (χ3v) is 5.67. The number of fused-ring (bicyclic) bond motifs is 2. The molecule has 1 aliphatic heterocycles. The summed E-state index contributed by atoms with van der Waals surface area (Å²) in [5.41, 5.74) is 2.01. The SMILES string of the molecule is COc1ccc2c(c1)N(CC(C)CN(C)C)c1ccccc1S2=O. The van der Waals surface area contributed by atoms with Crippen LogP contribution in [0, 0.1) is 5.92 Å². The molecule has 0 fully saturated rings. The smallest absolute Gasteiger partial charge is 0.121 e. The molecule has 24 heavy (non-hydrogen) atoms. The standard InChI is InChI=1S/C19H24N2O2S/c1-14(12-20(2)3)13-21-16-7-5-6-8-18(16)24(22)19-10-9-15(23-4)11-17(19)21/h5-11,14H,12-13H2,1-4H3. The van der Waals surface area contributed by atoms with E-state index < -0.39 is 10.8 Å². The van der Waals surface area contributed by atoms with Crippen molar-refractivity contribution >= 4 is 22.2 Å². The van der Waals surface area contributed by atoms with Crippen LogP contribution < -0.4 is 9.64 Å². The van der Waals surface area contributed by atoms with Crippen LogP contribution >= 0.6 is 0 Å². The number of ether oxygens (including phenoxy) is 1. The van der Waals surface area contributed by atoms with Crippen molar-refractivity contribution in [3.8, 4) is 5.75 Å². The molecule has 4 nitrogen and oxygen atoms in total. The van der Waals surface area contributed by atoms with Crippen molar-refractivity contribution in [1.82, 2.24) is 4.90 Å². The molecule has 0 saturated heterocycles. The first-order chi connectivity index (χ1) is 11.5. The Morgan fingerprint density at radius 2 is 1.83 bits per heavy atom. The Labute approximate surface area is 146 Å². The van der Waals surface area contributed by atoms with Gasteiger partial charge in [-0.05, 0) is 44.3 Å². The van der Waals surface area contributed by atoms with Crippen molar-refractivity contribution in [1.29, 1.82) is 0 Å². The minimum Gasteiger partial charge on any atom is -0.497 e. The van der Waals surface area contributed by atoms with Crippen LogP contribution in [-0.2, 0) is 10.8 Å². The average molecular weight is 344 g/mol. The molecule has 0 amide bonds. The maximum Gasteiger partial charge on any atom is 0.121 e. The monoisotopic (exact) mass is 344 g/mol. The molecule has 0 radical (unpaired) electrons.